The fraction of sp³-hybridized carbons (Fsp3) is 0.409. The molecule has 7 nitrogen and oxygen atoms in total. The third-order valence-electron chi connectivity index (χ3n) is 5.34. The van der Waals surface area contributed by atoms with Gasteiger partial charge in [0.15, 0.2) is 0 Å². The maximum atomic E-state index is 12.0. The number of primary amides is 1. The smallest absolute Gasteiger partial charge is 0.319 e. The van der Waals surface area contributed by atoms with Gasteiger partial charge in [-0.15, -0.1) is 0 Å². The number of amides is 3. The molecule has 1 aliphatic rings. The van der Waals surface area contributed by atoms with Crippen LogP contribution in [0.1, 0.15) is 23.7 Å². The first-order chi connectivity index (χ1) is 13.9. The molecule has 1 saturated heterocycles. The Morgan fingerprint density at radius 3 is 2.45 bits per heavy atom. The largest absolute Gasteiger partial charge is 0.351 e. The van der Waals surface area contributed by atoms with Gasteiger partial charge in [-0.05, 0) is 36.6 Å². The van der Waals surface area contributed by atoms with Gasteiger partial charge in [-0.25, -0.2) is 4.79 Å². The first kappa shape index (κ1) is 20.8. The molecule has 154 valence electrons. The maximum absolute atomic E-state index is 12.0. The highest BCUT2D eigenvalue weighted by Gasteiger charge is 2.18. The van der Waals surface area contributed by atoms with Crippen LogP contribution in [-0.2, 0) is 17.8 Å². The molecule has 1 aliphatic heterocycles. The highest BCUT2D eigenvalue weighted by atomic mass is 16.2. The lowest BCUT2D eigenvalue weighted by Gasteiger charge is -2.34. The predicted molar refractivity (Wildman–Crippen MR) is 114 cm³/mol. The Morgan fingerprint density at radius 1 is 1.10 bits per heavy atom. The fourth-order valence-electron chi connectivity index (χ4n) is 3.56. The van der Waals surface area contributed by atoms with E-state index >= 15 is 0 Å². The average molecular weight is 396 g/mol. The van der Waals surface area contributed by atoms with E-state index in [4.69, 9.17) is 5.73 Å². The van der Waals surface area contributed by atoms with Crippen molar-refractivity contribution in [1.29, 1.82) is 0 Å². The molecule has 0 saturated carbocycles. The van der Waals surface area contributed by atoms with Crippen LogP contribution >= 0.6 is 0 Å². The van der Waals surface area contributed by atoms with E-state index in [9.17, 15) is 9.59 Å². The lowest BCUT2D eigenvalue weighted by Crippen LogP contribution is -2.48. The van der Waals surface area contributed by atoms with E-state index in [0.717, 1.165) is 50.4 Å². The van der Waals surface area contributed by atoms with E-state index in [1.165, 1.54) is 10.5 Å². The summed E-state index contributed by atoms with van der Waals surface area (Å²) in [7, 11) is 0. The molecule has 1 aromatic heterocycles. The normalized spacial score (nSPS) is 14.6. The number of benzene rings is 1. The van der Waals surface area contributed by atoms with Crippen molar-refractivity contribution in [3.8, 4) is 0 Å². The zero-order valence-electron chi connectivity index (χ0n) is 17.2. The van der Waals surface area contributed by atoms with Crippen molar-refractivity contribution in [3.05, 3.63) is 59.4 Å². The highest BCUT2D eigenvalue weighted by molar-refractivity contribution is 5.90. The summed E-state index contributed by atoms with van der Waals surface area (Å²) in [6.45, 7) is 8.32. The summed E-state index contributed by atoms with van der Waals surface area (Å²) in [5.41, 5.74) is 9.45. The molecule has 7 heteroatoms. The van der Waals surface area contributed by atoms with E-state index < -0.39 is 6.03 Å². The van der Waals surface area contributed by atoms with E-state index in [0.29, 0.717) is 12.2 Å². The van der Waals surface area contributed by atoms with Gasteiger partial charge in [0.2, 0.25) is 5.91 Å². The molecule has 0 aliphatic carbocycles. The number of carbonyl (C=O) groups is 2. The highest BCUT2D eigenvalue weighted by Crippen LogP contribution is 2.17. The molecule has 1 fully saturated rings. The molecule has 2 aromatic rings. The number of aromatic nitrogens is 1. The number of carbonyl (C=O) groups excluding carboxylic acids is 2. The van der Waals surface area contributed by atoms with Crippen molar-refractivity contribution in [2.75, 3.05) is 37.6 Å². The Balaban J connectivity index is 1.59. The Bertz CT molecular complexity index is 845. The third kappa shape index (κ3) is 5.77. The van der Waals surface area contributed by atoms with Crippen LogP contribution < -0.4 is 10.6 Å². The van der Waals surface area contributed by atoms with E-state index in [1.54, 1.807) is 13.1 Å². The van der Waals surface area contributed by atoms with Crippen LogP contribution in [0.4, 0.5) is 10.5 Å². The SMILES string of the molecule is CC(=O)N1CCN(CCc2cccc(CN(C(N)=O)c3ccc(C)nc3)c2)CC1. The number of hydrogen-bond acceptors (Lipinski definition) is 4. The van der Waals surface area contributed by atoms with Crippen molar-refractivity contribution >= 4 is 17.6 Å². The molecular formula is C22H29N5O2. The number of urea groups is 1. The number of nitrogens with two attached hydrogens (primary N) is 1. The Hall–Kier alpha value is -2.93. The van der Waals surface area contributed by atoms with Gasteiger partial charge in [-0.1, -0.05) is 24.3 Å². The van der Waals surface area contributed by atoms with Crippen molar-refractivity contribution in [3.63, 3.8) is 0 Å². The summed E-state index contributed by atoms with van der Waals surface area (Å²) in [4.78, 5) is 33.5. The Labute approximate surface area is 172 Å². The fourth-order valence-corrected chi connectivity index (χ4v) is 3.56. The molecular weight excluding hydrogens is 366 g/mol. The third-order valence-corrected chi connectivity index (χ3v) is 5.34. The first-order valence-electron chi connectivity index (χ1n) is 9.97. The van der Waals surface area contributed by atoms with Gasteiger partial charge in [-0.3, -0.25) is 19.6 Å². The minimum atomic E-state index is -0.496. The maximum Gasteiger partial charge on any atom is 0.319 e. The molecule has 0 atom stereocenters. The zero-order chi connectivity index (χ0) is 20.8. The number of aryl methyl sites for hydroxylation is 1. The average Bonchev–Trinajstić information content (AvgIpc) is 2.72. The van der Waals surface area contributed by atoms with E-state index in [2.05, 4.69) is 22.0 Å². The molecule has 1 aromatic carbocycles. The second kappa shape index (κ2) is 9.52. The van der Waals surface area contributed by atoms with Crippen LogP contribution in [-0.4, -0.2) is 59.4 Å². The minimum absolute atomic E-state index is 0.153. The van der Waals surface area contributed by atoms with Crippen LogP contribution in [0.5, 0.6) is 0 Å². The quantitative estimate of drug-likeness (QED) is 0.813. The molecule has 29 heavy (non-hydrogen) atoms. The number of pyridine rings is 1. The van der Waals surface area contributed by atoms with Gasteiger partial charge in [0.25, 0.3) is 0 Å². The van der Waals surface area contributed by atoms with Crippen LogP contribution in [0.2, 0.25) is 0 Å². The van der Waals surface area contributed by atoms with E-state index in [-0.39, 0.29) is 5.91 Å². The number of hydrogen-bond donors (Lipinski definition) is 1. The first-order valence-corrected chi connectivity index (χ1v) is 9.97. The van der Waals surface area contributed by atoms with Gasteiger partial charge < -0.3 is 10.6 Å². The van der Waals surface area contributed by atoms with Crippen LogP contribution in [0, 0.1) is 6.92 Å². The molecule has 0 radical (unpaired) electrons. The monoisotopic (exact) mass is 395 g/mol. The Morgan fingerprint density at radius 2 is 1.83 bits per heavy atom. The van der Waals surface area contributed by atoms with Crippen molar-refractivity contribution in [2.45, 2.75) is 26.8 Å². The zero-order valence-corrected chi connectivity index (χ0v) is 17.2. The van der Waals surface area contributed by atoms with Crippen molar-refractivity contribution in [2.24, 2.45) is 5.73 Å². The molecule has 2 N–H and O–H groups in total. The van der Waals surface area contributed by atoms with Gasteiger partial charge in [0.1, 0.15) is 0 Å². The topological polar surface area (TPSA) is 82.8 Å². The summed E-state index contributed by atoms with van der Waals surface area (Å²) in [5, 5.41) is 0. The van der Waals surface area contributed by atoms with Crippen LogP contribution in [0.15, 0.2) is 42.6 Å². The molecule has 0 bridgehead atoms. The van der Waals surface area contributed by atoms with Gasteiger partial charge in [-0.2, -0.15) is 0 Å². The molecule has 2 heterocycles. The second-order valence-corrected chi connectivity index (χ2v) is 7.50. The summed E-state index contributed by atoms with van der Waals surface area (Å²) in [6, 6.07) is 11.5. The molecule has 0 spiro atoms. The van der Waals surface area contributed by atoms with Crippen LogP contribution in [0.3, 0.4) is 0 Å². The summed E-state index contributed by atoms with van der Waals surface area (Å²) in [5.74, 6) is 0.153. The van der Waals surface area contributed by atoms with Crippen molar-refractivity contribution < 1.29 is 9.59 Å². The second-order valence-electron chi connectivity index (χ2n) is 7.50. The summed E-state index contributed by atoms with van der Waals surface area (Å²) >= 11 is 0. The van der Waals surface area contributed by atoms with Gasteiger partial charge in [0.05, 0.1) is 18.4 Å². The minimum Gasteiger partial charge on any atom is -0.351 e. The summed E-state index contributed by atoms with van der Waals surface area (Å²) in [6.07, 6.45) is 2.60. The Kier molecular flexibility index (Phi) is 6.82. The van der Waals surface area contributed by atoms with Gasteiger partial charge in [0, 0.05) is 45.3 Å². The summed E-state index contributed by atoms with van der Waals surface area (Å²) < 4.78 is 0. The molecule has 3 amide bonds. The number of anilines is 1. The molecule has 3 rings (SSSR count). The number of nitrogens with zero attached hydrogens (tertiary/aromatic N) is 4. The predicted octanol–water partition coefficient (Wildman–Crippen LogP) is 2.18. The standard InChI is InChI=1S/C22H29N5O2/c1-17-6-7-21(15-24-17)27(22(23)29)16-20-5-3-4-19(14-20)8-9-25-10-12-26(13-11-25)18(2)28/h3-7,14-15H,8-13,16H2,1-2H3,(H2,23,29). The number of piperazine rings is 1. The van der Waals surface area contributed by atoms with E-state index in [1.807, 2.05) is 36.1 Å². The molecule has 0 unspecified atom stereocenters. The van der Waals surface area contributed by atoms with Crippen molar-refractivity contribution in [1.82, 2.24) is 14.8 Å². The van der Waals surface area contributed by atoms with Crippen LogP contribution in [0.25, 0.3) is 0 Å². The lowest BCUT2D eigenvalue weighted by molar-refractivity contribution is -0.130. The van der Waals surface area contributed by atoms with Gasteiger partial charge >= 0.3 is 6.03 Å². The lowest BCUT2D eigenvalue weighted by atomic mass is 10.1. The number of rotatable bonds is 6.